The van der Waals surface area contributed by atoms with Crippen LogP contribution in [0.4, 0.5) is 5.69 Å². The first-order valence-electron chi connectivity index (χ1n) is 3.91. The van der Waals surface area contributed by atoms with E-state index in [-0.39, 0.29) is 22.5 Å². The molecule has 0 bridgehead atoms. The lowest BCUT2D eigenvalue weighted by Crippen LogP contribution is -2.10. The molecule has 0 aliphatic carbocycles. The summed E-state index contributed by atoms with van der Waals surface area (Å²) in [4.78, 5) is 25.1. The zero-order chi connectivity index (χ0) is 11.0. The molecule has 0 N–H and O–H groups in total. The highest BCUT2D eigenvalue weighted by Crippen LogP contribution is 2.22. The molecule has 76 valence electrons. The van der Waals surface area contributed by atoms with Crippen LogP contribution in [0.1, 0.15) is 0 Å². The first kappa shape index (κ1) is 9.60. The fraction of sp³-hybridized carbons (Fsp3) is 0. The maximum atomic E-state index is 11.4. The standard InChI is InChI=1S/C8H4ClN3O3/c9-11-4-5(12(14)15)3-6-7(13)1-2-10-8(6)11/h1-4H. The lowest BCUT2D eigenvalue weighted by molar-refractivity contribution is -0.385. The van der Waals surface area contributed by atoms with Crippen molar-refractivity contribution in [2.24, 2.45) is 0 Å². The quantitative estimate of drug-likeness (QED) is 0.541. The molecule has 0 saturated heterocycles. The summed E-state index contributed by atoms with van der Waals surface area (Å²) >= 11 is 5.69. The van der Waals surface area contributed by atoms with Gasteiger partial charge in [-0.1, -0.05) is 0 Å². The number of nitro groups is 1. The molecule has 6 nitrogen and oxygen atoms in total. The number of hydrogen-bond acceptors (Lipinski definition) is 4. The third-order valence-corrected chi connectivity index (χ3v) is 2.14. The Kier molecular flexibility index (Phi) is 2.12. The molecule has 2 aliphatic heterocycles. The van der Waals surface area contributed by atoms with Gasteiger partial charge in [-0.3, -0.25) is 14.9 Å². The van der Waals surface area contributed by atoms with Crippen LogP contribution in [0.2, 0.25) is 0 Å². The minimum atomic E-state index is -0.620. The Bertz CT molecular complexity index is 566. The Labute approximate surface area is 88.3 Å². The van der Waals surface area contributed by atoms with Gasteiger partial charge >= 0.3 is 0 Å². The Morgan fingerprint density at radius 1 is 1.53 bits per heavy atom. The minimum absolute atomic E-state index is 0.127. The number of rotatable bonds is 1. The van der Waals surface area contributed by atoms with Crippen LogP contribution in [0.5, 0.6) is 0 Å². The third kappa shape index (κ3) is 1.55. The van der Waals surface area contributed by atoms with Gasteiger partial charge in [-0.05, 0) is 0 Å². The van der Waals surface area contributed by atoms with Crippen LogP contribution in [-0.2, 0) is 0 Å². The first-order valence-corrected chi connectivity index (χ1v) is 4.25. The topological polar surface area (TPSA) is 78.0 Å². The molecule has 0 spiro atoms. The molecule has 0 unspecified atom stereocenters. The first-order chi connectivity index (χ1) is 7.09. The lowest BCUT2D eigenvalue weighted by Gasteiger charge is -2.05. The second kappa shape index (κ2) is 3.32. The van der Waals surface area contributed by atoms with Crippen LogP contribution in [-0.4, -0.2) is 14.0 Å². The molecule has 15 heavy (non-hydrogen) atoms. The van der Waals surface area contributed by atoms with Crippen LogP contribution in [0, 0.1) is 10.1 Å². The Balaban J connectivity index is 2.85. The summed E-state index contributed by atoms with van der Waals surface area (Å²) in [6.07, 6.45) is 2.39. The number of pyridine rings is 2. The summed E-state index contributed by atoms with van der Waals surface area (Å²) in [6, 6.07) is 2.38. The average molecular weight is 226 g/mol. The fourth-order valence-electron chi connectivity index (χ4n) is 1.21. The van der Waals surface area contributed by atoms with Gasteiger partial charge in [-0.25, -0.2) is 9.07 Å². The Hall–Kier alpha value is -1.95. The molecule has 0 aromatic carbocycles. The van der Waals surface area contributed by atoms with Crippen molar-refractivity contribution in [3.63, 3.8) is 0 Å². The molecule has 2 rings (SSSR count). The molecule has 0 saturated carbocycles. The van der Waals surface area contributed by atoms with Crippen molar-refractivity contribution in [1.29, 1.82) is 0 Å². The molecule has 0 fully saturated rings. The minimum Gasteiger partial charge on any atom is -0.289 e. The molecule has 0 atom stereocenters. The molecule has 0 radical (unpaired) electrons. The number of aromatic nitrogens is 2. The lowest BCUT2D eigenvalue weighted by atomic mass is 10.2. The van der Waals surface area contributed by atoms with E-state index in [4.69, 9.17) is 11.8 Å². The Morgan fingerprint density at radius 3 is 2.93 bits per heavy atom. The van der Waals surface area contributed by atoms with Gasteiger partial charge in [0.2, 0.25) is 0 Å². The van der Waals surface area contributed by atoms with Crippen molar-refractivity contribution in [3.05, 3.63) is 44.9 Å². The molecule has 2 heterocycles. The van der Waals surface area contributed by atoms with E-state index >= 15 is 0 Å². The van der Waals surface area contributed by atoms with E-state index < -0.39 is 4.92 Å². The average Bonchev–Trinajstić information content (AvgIpc) is 2.19. The van der Waals surface area contributed by atoms with E-state index in [0.717, 1.165) is 16.3 Å². The second-order valence-electron chi connectivity index (χ2n) is 2.81. The highest BCUT2D eigenvalue weighted by molar-refractivity contribution is 6.17. The normalized spacial score (nSPS) is 10.5. The number of fused-ring (bicyclic) bond motifs is 1. The molecular formula is C8H4ClN3O3. The molecule has 0 aromatic heterocycles. The predicted octanol–water partition coefficient (Wildman–Crippen LogP) is 1.26. The van der Waals surface area contributed by atoms with Crippen molar-refractivity contribution < 1.29 is 4.92 Å². The van der Waals surface area contributed by atoms with E-state index in [1.807, 2.05) is 0 Å². The molecular weight excluding hydrogens is 222 g/mol. The van der Waals surface area contributed by atoms with Crippen LogP contribution in [0.3, 0.4) is 0 Å². The smallest absolute Gasteiger partial charge is 0.287 e. The summed E-state index contributed by atoms with van der Waals surface area (Å²) in [5, 5.41) is 10.5. The van der Waals surface area contributed by atoms with Gasteiger partial charge in [0.05, 0.1) is 10.5 Å². The highest BCUT2D eigenvalue weighted by atomic mass is 35.5. The fourth-order valence-corrected chi connectivity index (χ4v) is 1.45. The van der Waals surface area contributed by atoms with Gasteiger partial charge in [0.1, 0.15) is 6.20 Å². The number of hydrogen-bond donors (Lipinski definition) is 0. The summed E-state index contributed by atoms with van der Waals surface area (Å²) in [7, 11) is 0. The zero-order valence-corrected chi connectivity index (χ0v) is 8.01. The van der Waals surface area contributed by atoms with Crippen LogP contribution in [0.15, 0.2) is 29.3 Å². The molecule has 7 heteroatoms. The van der Waals surface area contributed by atoms with Crippen molar-refractivity contribution in [2.45, 2.75) is 0 Å². The van der Waals surface area contributed by atoms with E-state index in [0.29, 0.717) is 0 Å². The summed E-state index contributed by atoms with van der Waals surface area (Å²) < 4.78 is 0.939. The van der Waals surface area contributed by atoms with Crippen LogP contribution >= 0.6 is 11.8 Å². The maximum absolute atomic E-state index is 11.4. The summed E-state index contributed by atoms with van der Waals surface area (Å²) in [6.45, 7) is 0. The SMILES string of the molecule is O=c1ccnc2n(Cl)cc([N+](=O)[O-])cc1-2. The predicted molar refractivity (Wildman–Crippen MR) is 53.0 cm³/mol. The van der Waals surface area contributed by atoms with Gasteiger partial charge in [-0.15, -0.1) is 0 Å². The highest BCUT2D eigenvalue weighted by Gasteiger charge is 2.17. The number of nitrogens with zero attached hydrogens (tertiary/aromatic N) is 3. The van der Waals surface area contributed by atoms with Crippen LogP contribution < -0.4 is 5.43 Å². The second-order valence-corrected chi connectivity index (χ2v) is 3.18. The van der Waals surface area contributed by atoms with E-state index in [2.05, 4.69) is 4.98 Å². The third-order valence-electron chi connectivity index (χ3n) is 1.88. The summed E-state index contributed by atoms with van der Waals surface area (Å²) in [5.74, 6) is 0.203. The van der Waals surface area contributed by atoms with E-state index in [9.17, 15) is 14.9 Å². The van der Waals surface area contributed by atoms with Crippen molar-refractivity contribution in [3.8, 4) is 11.4 Å². The van der Waals surface area contributed by atoms with Gasteiger partial charge < -0.3 is 0 Å². The van der Waals surface area contributed by atoms with E-state index in [1.165, 1.54) is 12.3 Å². The maximum Gasteiger partial charge on any atom is 0.287 e. The van der Waals surface area contributed by atoms with Crippen molar-refractivity contribution >= 4 is 17.5 Å². The van der Waals surface area contributed by atoms with Gasteiger partial charge in [0, 0.05) is 30.1 Å². The Morgan fingerprint density at radius 2 is 2.27 bits per heavy atom. The number of halogens is 1. The van der Waals surface area contributed by atoms with Gasteiger partial charge in [0.15, 0.2) is 11.3 Å². The van der Waals surface area contributed by atoms with Crippen molar-refractivity contribution in [2.75, 3.05) is 0 Å². The zero-order valence-electron chi connectivity index (χ0n) is 7.25. The summed E-state index contributed by atoms with van der Waals surface area (Å²) in [5.41, 5.74) is -0.470. The van der Waals surface area contributed by atoms with Gasteiger partial charge in [0.25, 0.3) is 5.69 Å². The largest absolute Gasteiger partial charge is 0.289 e. The molecule has 0 aromatic rings. The van der Waals surface area contributed by atoms with E-state index in [1.54, 1.807) is 0 Å². The van der Waals surface area contributed by atoms with Crippen LogP contribution in [0.25, 0.3) is 11.4 Å². The molecule has 0 amide bonds. The van der Waals surface area contributed by atoms with Gasteiger partial charge in [-0.2, -0.15) is 0 Å². The molecule has 2 aliphatic rings. The van der Waals surface area contributed by atoms with Crippen molar-refractivity contribution in [1.82, 2.24) is 9.07 Å². The monoisotopic (exact) mass is 225 g/mol.